The zero-order valence-electron chi connectivity index (χ0n) is 17.5. The standard InChI is InChI=1S/C20H31N3O5/c1-10(24)22-7-11(8-22)16(25)21-15(19(2,3)4)17(26)23-9-12-13(20(12,5)6)14(23)18(27)28/h11-15H,7-9H2,1-6H3,(H,21,25)(H,27,28)/t12-,13-,14-,15?/m0/s1. The van der Waals surface area contributed by atoms with E-state index in [0.717, 1.165) is 0 Å². The normalized spacial score (nSPS) is 29.6. The van der Waals surface area contributed by atoms with Crippen LogP contribution in [0.5, 0.6) is 0 Å². The molecular weight excluding hydrogens is 362 g/mol. The molecule has 28 heavy (non-hydrogen) atoms. The van der Waals surface area contributed by atoms with Crippen molar-refractivity contribution in [2.45, 2.75) is 53.6 Å². The van der Waals surface area contributed by atoms with Gasteiger partial charge in [-0.25, -0.2) is 4.79 Å². The highest BCUT2D eigenvalue weighted by molar-refractivity contribution is 5.93. The van der Waals surface area contributed by atoms with Gasteiger partial charge in [-0.3, -0.25) is 14.4 Å². The van der Waals surface area contributed by atoms with Crippen LogP contribution in [-0.4, -0.2) is 70.3 Å². The van der Waals surface area contributed by atoms with E-state index in [-0.39, 0.29) is 40.9 Å². The molecule has 0 bridgehead atoms. The molecule has 4 atom stereocenters. The number of amides is 3. The first-order chi connectivity index (χ1) is 12.8. The van der Waals surface area contributed by atoms with Crippen molar-refractivity contribution in [3.05, 3.63) is 0 Å². The number of rotatable bonds is 4. The number of piperidine rings is 1. The van der Waals surface area contributed by atoms with Gasteiger partial charge in [-0.1, -0.05) is 34.6 Å². The van der Waals surface area contributed by atoms with Gasteiger partial charge in [0.2, 0.25) is 17.7 Å². The second-order valence-electron chi connectivity index (χ2n) is 10.2. The molecule has 0 aromatic rings. The molecule has 3 rings (SSSR count). The summed E-state index contributed by atoms with van der Waals surface area (Å²) in [6, 6.07) is -1.65. The summed E-state index contributed by atoms with van der Waals surface area (Å²) in [5, 5.41) is 12.6. The lowest BCUT2D eigenvalue weighted by atomic mass is 9.84. The highest BCUT2D eigenvalue weighted by atomic mass is 16.4. The van der Waals surface area contributed by atoms with Crippen molar-refractivity contribution in [1.82, 2.24) is 15.1 Å². The second-order valence-corrected chi connectivity index (χ2v) is 10.2. The fraction of sp³-hybridized carbons (Fsp3) is 0.800. The molecule has 1 aliphatic carbocycles. The van der Waals surface area contributed by atoms with Crippen LogP contribution in [0.25, 0.3) is 0 Å². The van der Waals surface area contributed by atoms with Crippen LogP contribution >= 0.6 is 0 Å². The number of aliphatic carboxylic acids is 1. The first-order valence-electron chi connectivity index (χ1n) is 9.86. The van der Waals surface area contributed by atoms with Crippen molar-refractivity contribution in [3.8, 4) is 0 Å². The molecule has 3 amide bonds. The molecule has 2 heterocycles. The number of carbonyl (C=O) groups is 4. The Balaban J connectivity index is 1.72. The zero-order valence-corrected chi connectivity index (χ0v) is 17.5. The van der Waals surface area contributed by atoms with E-state index in [2.05, 4.69) is 5.32 Å². The number of nitrogens with one attached hydrogen (secondary N) is 1. The molecule has 8 nitrogen and oxygen atoms in total. The van der Waals surface area contributed by atoms with Crippen LogP contribution in [0.3, 0.4) is 0 Å². The zero-order chi connectivity index (χ0) is 21.2. The minimum Gasteiger partial charge on any atom is -0.480 e. The van der Waals surface area contributed by atoms with Crippen molar-refractivity contribution in [3.63, 3.8) is 0 Å². The molecule has 2 aliphatic heterocycles. The van der Waals surface area contributed by atoms with Crippen molar-refractivity contribution in [1.29, 1.82) is 0 Å². The minimum absolute atomic E-state index is 0.0407. The number of fused-ring (bicyclic) bond motifs is 1. The molecule has 2 N–H and O–H groups in total. The lowest BCUT2D eigenvalue weighted by Crippen LogP contribution is -2.62. The summed E-state index contributed by atoms with van der Waals surface area (Å²) in [7, 11) is 0. The molecule has 8 heteroatoms. The van der Waals surface area contributed by atoms with Gasteiger partial charge in [-0.15, -0.1) is 0 Å². The van der Waals surface area contributed by atoms with Crippen LogP contribution < -0.4 is 5.32 Å². The molecule has 3 fully saturated rings. The average Bonchev–Trinajstić information content (AvgIpc) is 2.88. The van der Waals surface area contributed by atoms with Gasteiger partial charge in [0.1, 0.15) is 12.1 Å². The summed E-state index contributed by atoms with van der Waals surface area (Å²) < 4.78 is 0. The van der Waals surface area contributed by atoms with Gasteiger partial charge in [-0.2, -0.15) is 0 Å². The smallest absolute Gasteiger partial charge is 0.326 e. The van der Waals surface area contributed by atoms with Crippen LogP contribution in [0.15, 0.2) is 0 Å². The van der Waals surface area contributed by atoms with Gasteiger partial charge in [0, 0.05) is 32.5 Å². The number of hydrogen-bond donors (Lipinski definition) is 2. The number of carbonyl (C=O) groups excluding carboxylic acids is 3. The van der Waals surface area contributed by atoms with Crippen LogP contribution in [0.4, 0.5) is 0 Å². The molecule has 3 aliphatic rings. The number of hydrogen-bond acceptors (Lipinski definition) is 4. The van der Waals surface area contributed by atoms with Gasteiger partial charge in [0.25, 0.3) is 0 Å². The summed E-state index contributed by atoms with van der Waals surface area (Å²) >= 11 is 0. The van der Waals surface area contributed by atoms with Gasteiger partial charge >= 0.3 is 5.97 Å². The quantitative estimate of drug-likeness (QED) is 0.726. The third-order valence-electron chi connectivity index (χ3n) is 6.84. The van der Waals surface area contributed by atoms with Gasteiger partial charge in [-0.05, 0) is 16.7 Å². The van der Waals surface area contributed by atoms with Gasteiger partial charge < -0.3 is 20.2 Å². The van der Waals surface area contributed by atoms with Crippen molar-refractivity contribution in [2.75, 3.05) is 19.6 Å². The lowest BCUT2D eigenvalue weighted by molar-refractivity contribution is -0.153. The van der Waals surface area contributed by atoms with Crippen LogP contribution in [0, 0.1) is 28.6 Å². The average molecular weight is 393 g/mol. The summed E-state index contributed by atoms with van der Waals surface area (Å²) in [6.45, 7) is 12.2. The molecule has 1 unspecified atom stereocenters. The van der Waals surface area contributed by atoms with Crippen LogP contribution in [0.1, 0.15) is 41.5 Å². The van der Waals surface area contributed by atoms with Crippen molar-refractivity contribution >= 4 is 23.7 Å². The molecular formula is C20H31N3O5. The summed E-state index contributed by atoms with van der Waals surface area (Å²) in [5.74, 6) is -1.84. The second kappa shape index (κ2) is 6.46. The predicted molar refractivity (Wildman–Crippen MR) is 101 cm³/mol. The van der Waals surface area contributed by atoms with E-state index < -0.39 is 23.5 Å². The SMILES string of the molecule is CC(=O)N1CC(C(=O)NC(C(=O)N2C[C@H]3[C@@H]([C@H]2C(=O)O)C3(C)C)C(C)(C)C)C1. The topological polar surface area (TPSA) is 107 Å². The molecule has 1 saturated carbocycles. The van der Waals surface area contributed by atoms with E-state index in [4.69, 9.17) is 0 Å². The fourth-order valence-electron chi connectivity index (χ4n) is 4.77. The summed E-state index contributed by atoms with van der Waals surface area (Å²) in [6.07, 6.45) is 0. The number of nitrogens with zero attached hydrogens (tertiary/aromatic N) is 2. The van der Waals surface area contributed by atoms with Crippen LogP contribution in [0.2, 0.25) is 0 Å². The van der Waals surface area contributed by atoms with E-state index >= 15 is 0 Å². The monoisotopic (exact) mass is 393 g/mol. The molecule has 2 saturated heterocycles. The fourth-order valence-corrected chi connectivity index (χ4v) is 4.77. The maximum Gasteiger partial charge on any atom is 0.326 e. The van der Waals surface area contributed by atoms with E-state index in [0.29, 0.717) is 19.6 Å². The lowest BCUT2D eigenvalue weighted by Gasteiger charge is -2.41. The third-order valence-corrected chi connectivity index (χ3v) is 6.84. The van der Waals surface area contributed by atoms with Gasteiger partial charge in [0.05, 0.1) is 5.92 Å². The molecule has 0 aromatic heterocycles. The van der Waals surface area contributed by atoms with Crippen LogP contribution in [-0.2, 0) is 19.2 Å². The summed E-state index contributed by atoms with van der Waals surface area (Å²) in [4.78, 5) is 52.2. The van der Waals surface area contributed by atoms with Crippen molar-refractivity contribution in [2.24, 2.45) is 28.6 Å². The number of carboxylic acid groups (broad SMARTS) is 1. The number of carboxylic acids is 1. The molecule has 156 valence electrons. The van der Waals surface area contributed by atoms with E-state index in [1.165, 1.54) is 11.8 Å². The maximum absolute atomic E-state index is 13.3. The molecule has 0 aromatic carbocycles. The Hall–Kier alpha value is -2.12. The molecule has 0 radical (unpaired) electrons. The largest absolute Gasteiger partial charge is 0.480 e. The Morgan fingerprint density at radius 1 is 1.11 bits per heavy atom. The molecule has 0 spiro atoms. The Morgan fingerprint density at radius 2 is 1.68 bits per heavy atom. The Kier molecular flexibility index (Phi) is 4.75. The first-order valence-corrected chi connectivity index (χ1v) is 9.86. The van der Waals surface area contributed by atoms with Gasteiger partial charge in [0.15, 0.2) is 0 Å². The summed E-state index contributed by atoms with van der Waals surface area (Å²) in [5.41, 5.74) is -0.634. The third kappa shape index (κ3) is 3.26. The highest BCUT2D eigenvalue weighted by Gasteiger charge is 2.70. The Morgan fingerprint density at radius 3 is 2.14 bits per heavy atom. The number of likely N-dealkylation sites (tertiary alicyclic amines) is 2. The minimum atomic E-state index is -0.985. The van der Waals surface area contributed by atoms with E-state index in [1.807, 2.05) is 34.6 Å². The predicted octanol–water partition coefficient (Wildman–Crippen LogP) is 0.563. The Bertz CT molecular complexity index is 720. The van der Waals surface area contributed by atoms with Crippen molar-refractivity contribution < 1.29 is 24.3 Å². The Labute approximate surface area is 165 Å². The maximum atomic E-state index is 13.3. The highest BCUT2D eigenvalue weighted by Crippen LogP contribution is 2.65. The van der Waals surface area contributed by atoms with E-state index in [1.54, 1.807) is 4.90 Å². The first kappa shape index (κ1) is 20.6. The van der Waals surface area contributed by atoms with E-state index in [9.17, 15) is 24.3 Å².